The van der Waals surface area contributed by atoms with Gasteiger partial charge in [-0.05, 0) is 35.7 Å². The summed E-state index contributed by atoms with van der Waals surface area (Å²) in [6.07, 6.45) is 0. The highest BCUT2D eigenvalue weighted by Gasteiger charge is 2.38. The Labute approximate surface area is 167 Å². The van der Waals surface area contributed by atoms with E-state index in [2.05, 4.69) is 0 Å². The highest BCUT2D eigenvalue weighted by atomic mass is 16.4. The number of benzene rings is 2. The first kappa shape index (κ1) is 18.9. The molecule has 2 atom stereocenters. The summed E-state index contributed by atoms with van der Waals surface area (Å²) in [5, 5.41) is 9.27. The summed E-state index contributed by atoms with van der Waals surface area (Å²) in [5.74, 6) is -2.52. The molecule has 0 aromatic heterocycles. The Morgan fingerprint density at radius 2 is 1.66 bits per heavy atom. The molecule has 0 unspecified atom stereocenters. The van der Waals surface area contributed by atoms with Crippen LogP contribution in [0.2, 0.25) is 0 Å². The first-order valence-corrected chi connectivity index (χ1v) is 9.43. The van der Waals surface area contributed by atoms with E-state index in [9.17, 15) is 24.3 Å². The molecular formula is C22H20N2O5. The quantitative estimate of drug-likeness (QED) is 0.806. The molecule has 0 radical (unpaired) electrons. The summed E-state index contributed by atoms with van der Waals surface area (Å²) < 4.78 is 0. The van der Waals surface area contributed by atoms with Crippen LogP contribution in [0.1, 0.15) is 43.6 Å². The fourth-order valence-electron chi connectivity index (χ4n) is 4.00. The van der Waals surface area contributed by atoms with Crippen LogP contribution in [0.5, 0.6) is 0 Å². The van der Waals surface area contributed by atoms with Gasteiger partial charge in [0.15, 0.2) is 0 Å². The normalized spacial score (nSPS) is 20.9. The zero-order valence-electron chi connectivity index (χ0n) is 15.9. The number of likely N-dealkylation sites (tertiary alicyclic amines) is 1. The lowest BCUT2D eigenvalue weighted by atomic mass is 9.99. The maximum atomic E-state index is 12.8. The molecule has 2 aliphatic rings. The van der Waals surface area contributed by atoms with Crippen LogP contribution in [0.3, 0.4) is 0 Å². The van der Waals surface area contributed by atoms with Crippen molar-refractivity contribution in [2.75, 3.05) is 13.1 Å². The summed E-state index contributed by atoms with van der Waals surface area (Å²) in [6.45, 7) is 2.46. The summed E-state index contributed by atoms with van der Waals surface area (Å²) in [7, 11) is 0. The van der Waals surface area contributed by atoms with E-state index in [1.54, 1.807) is 53.4 Å². The van der Waals surface area contributed by atoms with Gasteiger partial charge < -0.3 is 10.0 Å². The van der Waals surface area contributed by atoms with Crippen LogP contribution in [0.25, 0.3) is 0 Å². The van der Waals surface area contributed by atoms with E-state index in [0.717, 1.165) is 0 Å². The third kappa shape index (κ3) is 3.29. The number of carbonyl (C=O) groups is 4. The van der Waals surface area contributed by atoms with E-state index in [1.807, 2.05) is 6.92 Å². The minimum atomic E-state index is -0.896. The maximum absolute atomic E-state index is 12.8. The van der Waals surface area contributed by atoms with Crippen molar-refractivity contribution in [3.05, 3.63) is 70.8 Å². The van der Waals surface area contributed by atoms with Crippen molar-refractivity contribution in [3.8, 4) is 0 Å². The minimum absolute atomic E-state index is 0.0711. The Morgan fingerprint density at radius 3 is 2.24 bits per heavy atom. The standard InChI is InChI=1S/C22H20N2O5/c1-13-10-23(12-18(13)22(28)29)19(25)15-6-4-5-14(9-15)11-24-20(26)16-7-2-3-8-17(16)21(24)27/h2-9,13,18H,10-12H2,1H3,(H,28,29)/t13-,18-/m1/s1. The molecule has 7 heteroatoms. The van der Waals surface area contributed by atoms with Gasteiger partial charge in [0.25, 0.3) is 17.7 Å². The number of aliphatic carboxylic acids is 1. The second kappa shape index (κ2) is 7.16. The molecule has 1 N–H and O–H groups in total. The van der Waals surface area contributed by atoms with Gasteiger partial charge in [-0.3, -0.25) is 24.1 Å². The largest absolute Gasteiger partial charge is 0.481 e. The van der Waals surface area contributed by atoms with E-state index in [4.69, 9.17) is 0 Å². The zero-order valence-corrected chi connectivity index (χ0v) is 15.9. The zero-order chi connectivity index (χ0) is 20.7. The lowest BCUT2D eigenvalue weighted by Gasteiger charge is -2.18. The molecule has 0 saturated carbocycles. The van der Waals surface area contributed by atoms with Gasteiger partial charge in [-0.2, -0.15) is 0 Å². The van der Waals surface area contributed by atoms with Crippen molar-refractivity contribution >= 4 is 23.7 Å². The molecule has 0 spiro atoms. The molecule has 148 valence electrons. The van der Waals surface area contributed by atoms with Gasteiger partial charge in [-0.25, -0.2) is 0 Å². The van der Waals surface area contributed by atoms with Crippen LogP contribution < -0.4 is 0 Å². The molecule has 2 aromatic rings. The van der Waals surface area contributed by atoms with Crippen molar-refractivity contribution in [2.45, 2.75) is 13.5 Å². The fraction of sp³-hybridized carbons (Fsp3) is 0.273. The van der Waals surface area contributed by atoms with E-state index < -0.39 is 11.9 Å². The number of carboxylic acid groups (broad SMARTS) is 1. The lowest BCUT2D eigenvalue weighted by molar-refractivity contribution is -0.142. The summed E-state index contributed by atoms with van der Waals surface area (Å²) in [4.78, 5) is 52.0. The number of fused-ring (bicyclic) bond motifs is 1. The predicted molar refractivity (Wildman–Crippen MR) is 103 cm³/mol. The van der Waals surface area contributed by atoms with Gasteiger partial charge in [0.2, 0.25) is 0 Å². The van der Waals surface area contributed by atoms with E-state index in [1.165, 1.54) is 4.90 Å². The minimum Gasteiger partial charge on any atom is -0.481 e. The number of hydrogen-bond acceptors (Lipinski definition) is 4. The summed E-state index contributed by atoms with van der Waals surface area (Å²) >= 11 is 0. The second-order valence-corrected chi connectivity index (χ2v) is 7.57. The van der Waals surface area contributed by atoms with Crippen LogP contribution in [-0.4, -0.2) is 51.7 Å². The SMILES string of the molecule is C[C@@H]1CN(C(=O)c2cccc(CN3C(=O)c4ccccc4C3=O)c2)C[C@H]1C(=O)O. The van der Waals surface area contributed by atoms with E-state index >= 15 is 0 Å². The molecule has 2 aromatic carbocycles. The third-order valence-electron chi connectivity index (χ3n) is 5.61. The molecule has 2 aliphatic heterocycles. The number of rotatable bonds is 4. The van der Waals surface area contributed by atoms with Gasteiger partial charge in [-0.15, -0.1) is 0 Å². The smallest absolute Gasteiger partial charge is 0.308 e. The van der Waals surface area contributed by atoms with Crippen LogP contribution >= 0.6 is 0 Å². The Bertz CT molecular complexity index is 996. The van der Waals surface area contributed by atoms with E-state index in [0.29, 0.717) is 28.8 Å². The van der Waals surface area contributed by atoms with Crippen molar-refractivity contribution < 1.29 is 24.3 Å². The predicted octanol–water partition coefficient (Wildman–Crippen LogP) is 2.28. The number of nitrogens with zero attached hydrogens (tertiary/aromatic N) is 2. The van der Waals surface area contributed by atoms with Crippen molar-refractivity contribution in [1.82, 2.24) is 9.80 Å². The molecule has 29 heavy (non-hydrogen) atoms. The summed E-state index contributed by atoms with van der Waals surface area (Å²) in [6, 6.07) is 13.5. The van der Waals surface area contributed by atoms with Crippen LogP contribution in [0, 0.1) is 11.8 Å². The van der Waals surface area contributed by atoms with Gasteiger partial charge in [0.05, 0.1) is 23.6 Å². The molecule has 2 heterocycles. The molecular weight excluding hydrogens is 372 g/mol. The molecule has 4 rings (SSSR count). The first-order valence-electron chi connectivity index (χ1n) is 9.43. The van der Waals surface area contributed by atoms with Gasteiger partial charge in [0.1, 0.15) is 0 Å². The first-order chi connectivity index (χ1) is 13.9. The average Bonchev–Trinajstić information content (AvgIpc) is 3.22. The maximum Gasteiger partial charge on any atom is 0.308 e. The lowest BCUT2D eigenvalue weighted by Crippen LogP contribution is -2.31. The number of imide groups is 1. The van der Waals surface area contributed by atoms with Crippen molar-refractivity contribution in [2.24, 2.45) is 11.8 Å². The van der Waals surface area contributed by atoms with Crippen LogP contribution in [0.15, 0.2) is 48.5 Å². The third-order valence-corrected chi connectivity index (χ3v) is 5.61. The number of carbonyl (C=O) groups excluding carboxylic acids is 3. The molecule has 0 aliphatic carbocycles. The highest BCUT2D eigenvalue weighted by Crippen LogP contribution is 2.26. The van der Waals surface area contributed by atoms with Gasteiger partial charge in [0, 0.05) is 18.7 Å². The number of hydrogen-bond donors (Lipinski definition) is 1. The van der Waals surface area contributed by atoms with Gasteiger partial charge in [-0.1, -0.05) is 31.2 Å². The van der Waals surface area contributed by atoms with Crippen molar-refractivity contribution in [1.29, 1.82) is 0 Å². The van der Waals surface area contributed by atoms with Gasteiger partial charge >= 0.3 is 5.97 Å². The average molecular weight is 392 g/mol. The number of carboxylic acids is 1. The monoisotopic (exact) mass is 392 g/mol. The van der Waals surface area contributed by atoms with Crippen LogP contribution in [-0.2, 0) is 11.3 Å². The molecule has 7 nitrogen and oxygen atoms in total. The van der Waals surface area contributed by atoms with Crippen LogP contribution in [0.4, 0.5) is 0 Å². The summed E-state index contributed by atoms with van der Waals surface area (Å²) in [5.41, 5.74) is 1.84. The highest BCUT2D eigenvalue weighted by molar-refractivity contribution is 6.21. The molecule has 1 saturated heterocycles. The molecule has 3 amide bonds. The Kier molecular flexibility index (Phi) is 4.66. The Morgan fingerprint density at radius 1 is 1.00 bits per heavy atom. The van der Waals surface area contributed by atoms with E-state index in [-0.39, 0.29) is 36.7 Å². The number of amides is 3. The Balaban J connectivity index is 1.52. The second-order valence-electron chi connectivity index (χ2n) is 7.57. The van der Waals surface area contributed by atoms with Crippen molar-refractivity contribution in [3.63, 3.8) is 0 Å². The Hall–Kier alpha value is -3.48. The molecule has 0 bridgehead atoms. The molecule has 1 fully saturated rings. The fourth-order valence-corrected chi connectivity index (χ4v) is 4.00. The topological polar surface area (TPSA) is 95.0 Å².